The molecule has 0 aliphatic carbocycles. The molecule has 3 heterocycles. The van der Waals surface area contributed by atoms with Gasteiger partial charge in [-0.1, -0.05) is 6.07 Å². The Morgan fingerprint density at radius 3 is 2.13 bits per heavy atom. The van der Waals surface area contributed by atoms with Crippen LogP contribution in [0.25, 0.3) is 0 Å². The van der Waals surface area contributed by atoms with E-state index in [1.165, 1.54) is 12.1 Å². The molecule has 0 atom stereocenters. The lowest BCUT2D eigenvalue weighted by molar-refractivity contribution is 0.208. The Kier molecular flexibility index (Phi) is 5.98. The molecular formula is C21H28FN7O. The fraction of sp³-hybridized carbons (Fsp3) is 0.476. The van der Waals surface area contributed by atoms with Gasteiger partial charge in [-0.15, -0.1) is 0 Å². The van der Waals surface area contributed by atoms with Crippen molar-refractivity contribution in [1.82, 2.24) is 19.8 Å². The zero-order valence-electron chi connectivity index (χ0n) is 17.5. The fourth-order valence-corrected chi connectivity index (χ4v) is 3.80. The highest BCUT2D eigenvalue weighted by Crippen LogP contribution is 2.22. The van der Waals surface area contributed by atoms with Gasteiger partial charge in [0.15, 0.2) is 0 Å². The van der Waals surface area contributed by atoms with Crippen LogP contribution in [0, 0.1) is 12.7 Å². The maximum Gasteiger partial charge on any atom is 0.321 e. The lowest BCUT2D eigenvalue weighted by Gasteiger charge is -2.36. The Bertz CT molecular complexity index is 893. The molecule has 8 nitrogen and oxygen atoms in total. The molecule has 2 aromatic rings. The van der Waals surface area contributed by atoms with E-state index in [4.69, 9.17) is 0 Å². The van der Waals surface area contributed by atoms with Gasteiger partial charge in [-0.25, -0.2) is 19.2 Å². The first-order valence-electron chi connectivity index (χ1n) is 10.3. The molecule has 160 valence electrons. The smallest absolute Gasteiger partial charge is 0.321 e. The van der Waals surface area contributed by atoms with Crippen molar-refractivity contribution in [2.24, 2.45) is 0 Å². The molecule has 2 aliphatic heterocycles. The standard InChI is InChI=1S/C21H28FN7O/c1-16-23-19(27-8-6-26(2)7-9-27)15-20(24-16)28-10-12-29(13-11-28)21(30)25-18-5-3-4-17(22)14-18/h3-5,14-15H,6-13H2,1-2H3,(H,25,30). The van der Waals surface area contributed by atoms with Gasteiger partial charge in [0.05, 0.1) is 0 Å². The quantitative estimate of drug-likeness (QED) is 0.831. The maximum atomic E-state index is 13.3. The number of piperazine rings is 2. The number of aryl methyl sites for hydroxylation is 1. The highest BCUT2D eigenvalue weighted by atomic mass is 19.1. The van der Waals surface area contributed by atoms with Gasteiger partial charge in [0.1, 0.15) is 23.3 Å². The summed E-state index contributed by atoms with van der Waals surface area (Å²) >= 11 is 0. The summed E-state index contributed by atoms with van der Waals surface area (Å²) in [4.78, 5) is 30.3. The number of anilines is 3. The van der Waals surface area contributed by atoms with Crippen LogP contribution in [0.15, 0.2) is 30.3 Å². The van der Waals surface area contributed by atoms with Crippen LogP contribution in [0.5, 0.6) is 0 Å². The van der Waals surface area contributed by atoms with Crippen LogP contribution in [0.2, 0.25) is 0 Å². The molecule has 2 aliphatic rings. The minimum absolute atomic E-state index is 0.211. The van der Waals surface area contributed by atoms with E-state index in [0.717, 1.165) is 43.6 Å². The summed E-state index contributed by atoms with van der Waals surface area (Å²) in [5.74, 6) is 2.26. The van der Waals surface area contributed by atoms with Gasteiger partial charge >= 0.3 is 6.03 Å². The normalized spacial score (nSPS) is 17.9. The second-order valence-corrected chi connectivity index (χ2v) is 7.84. The van der Waals surface area contributed by atoms with Crippen LogP contribution in [-0.4, -0.2) is 85.2 Å². The summed E-state index contributed by atoms with van der Waals surface area (Å²) < 4.78 is 13.3. The molecule has 2 saturated heterocycles. The Balaban J connectivity index is 1.37. The van der Waals surface area contributed by atoms with Crippen LogP contribution in [0.4, 0.5) is 26.5 Å². The summed E-state index contributed by atoms with van der Waals surface area (Å²) in [6.07, 6.45) is 0. The number of hydrogen-bond acceptors (Lipinski definition) is 6. The SMILES string of the molecule is Cc1nc(N2CCN(C)CC2)cc(N2CCN(C(=O)Nc3cccc(F)c3)CC2)n1. The van der Waals surface area contributed by atoms with Crippen molar-refractivity contribution in [2.75, 3.05) is 74.5 Å². The number of carbonyl (C=O) groups is 1. The van der Waals surface area contributed by atoms with Crippen molar-refractivity contribution in [3.05, 3.63) is 42.0 Å². The number of halogens is 1. The molecule has 1 N–H and O–H groups in total. The Morgan fingerprint density at radius 2 is 1.53 bits per heavy atom. The number of likely N-dealkylation sites (N-methyl/N-ethyl adjacent to an activating group) is 1. The van der Waals surface area contributed by atoms with Crippen LogP contribution in [-0.2, 0) is 0 Å². The largest absolute Gasteiger partial charge is 0.354 e. The van der Waals surface area contributed by atoms with E-state index in [1.807, 2.05) is 6.92 Å². The van der Waals surface area contributed by atoms with E-state index in [9.17, 15) is 9.18 Å². The first-order valence-corrected chi connectivity index (χ1v) is 10.3. The lowest BCUT2D eigenvalue weighted by atomic mass is 10.3. The molecule has 0 saturated carbocycles. The molecular weight excluding hydrogens is 385 g/mol. The molecule has 0 unspecified atom stereocenters. The van der Waals surface area contributed by atoms with Gasteiger partial charge in [-0.2, -0.15) is 0 Å². The molecule has 9 heteroatoms. The first kappa shape index (κ1) is 20.3. The highest BCUT2D eigenvalue weighted by molar-refractivity contribution is 5.89. The number of hydrogen-bond donors (Lipinski definition) is 1. The molecule has 1 aromatic heterocycles. The van der Waals surface area contributed by atoms with Crippen LogP contribution >= 0.6 is 0 Å². The number of carbonyl (C=O) groups excluding carboxylic acids is 1. The molecule has 0 bridgehead atoms. The van der Waals surface area contributed by atoms with Gasteiger partial charge in [-0.05, 0) is 32.2 Å². The second-order valence-electron chi connectivity index (χ2n) is 7.84. The van der Waals surface area contributed by atoms with Crippen LogP contribution < -0.4 is 15.1 Å². The van der Waals surface area contributed by atoms with E-state index >= 15 is 0 Å². The fourth-order valence-electron chi connectivity index (χ4n) is 3.80. The summed E-state index contributed by atoms with van der Waals surface area (Å²) in [5, 5.41) is 2.76. The summed E-state index contributed by atoms with van der Waals surface area (Å²) in [5.41, 5.74) is 0.464. The lowest BCUT2D eigenvalue weighted by Crippen LogP contribution is -2.50. The first-order chi connectivity index (χ1) is 14.5. The molecule has 4 rings (SSSR count). The van der Waals surface area contributed by atoms with Crippen molar-refractivity contribution < 1.29 is 9.18 Å². The third kappa shape index (κ3) is 4.79. The number of benzene rings is 1. The Labute approximate surface area is 176 Å². The predicted octanol–water partition coefficient (Wildman–Crippen LogP) is 2.03. The zero-order valence-corrected chi connectivity index (χ0v) is 17.5. The summed E-state index contributed by atoms with van der Waals surface area (Å²) in [6, 6.07) is 7.78. The van der Waals surface area contributed by atoms with E-state index in [1.54, 1.807) is 17.0 Å². The van der Waals surface area contributed by atoms with E-state index in [-0.39, 0.29) is 11.8 Å². The average molecular weight is 414 g/mol. The minimum atomic E-state index is -0.368. The number of aromatic nitrogens is 2. The maximum absolute atomic E-state index is 13.3. The van der Waals surface area contributed by atoms with E-state index in [0.29, 0.717) is 31.9 Å². The van der Waals surface area contributed by atoms with Gasteiger partial charge in [0.25, 0.3) is 0 Å². The highest BCUT2D eigenvalue weighted by Gasteiger charge is 2.24. The molecule has 0 radical (unpaired) electrons. The average Bonchev–Trinajstić information content (AvgIpc) is 2.74. The molecule has 1 aromatic carbocycles. The van der Waals surface area contributed by atoms with Crippen LogP contribution in [0.3, 0.4) is 0 Å². The summed E-state index contributed by atoms with van der Waals surface area (Å²) in [7, 11) is 2.14. The summed E-state index contributed by atoms with van der Waals surface area (Å²) in [6.45, 7) is 8.42. The van der Waals surface area contributed by atoms with Gasteiger partial charge in [0.2, 0.25) is 0 Å². The zero-order chi connectivity index (χ0) is 21.1. The predicted molar refractivity (Wildman–Crippen MR) is 116 cm³/mol. The van der Waals surface area contributed by atoms with Crippen molar-refractivity contribution in [3.8, 4) is 0 Å². The Hall–Kier alpha value is -2.94. The topological polar surface area (TPSA) is 67.8 Å². The number of rotatable bonds is 3. The van der Waals surface area contributed by atoms with Crippen molar-refractivity contribution in [1.29, 1.82) is 0 Å². The van der Waals surface area contributed by atoms with Crippen molar-refractivity contribution >= 4 is 23.4 Å². The number of urea groups is 1. The number of nitrogens with one attached hydrogen (secondary N) is 1. The van der Waals surface area contributed by atoms with Crippen LogP contribution in [0.1, 0.15) is 5.82 Å². The Morgan fingerprint density at radius 1 is 0.933 bits per heavy atom. The third-order valence-electron chi connectivity index (χ3n) is 5.60. The van der Waals surface area contributed by atoms with E-state index < -0.39 is 0 Å². The number of nitrogens with zero attached hydrogens (tertiary/aromatic N) is 6. The van der Waals surface area contributed by atoms with Gasteiger partial charge < -0.3 is 24.9 Å². The molecule has 0 spiro atoms. The van der Waals surface area contributed by atoms with Gasteiger partial charge in [-0.3, -0.25) is 0 Å². The second kappa shape index (κ2) is 8.83. The van der Waals surface area contributed by atoms with Crippen molar-refractivity contribution in [2.45, 2.75) is 6.92 Å². The number of amides is 2. The molecule has 2 amide bonds. The third-order valence-corrected chi connectivity index (χ3v) is 5.60. The molecule has 30 heavy (non-hydrogen) atoms. The van der Waals surface area contributed by atoms with Crippen molar-refractivity contribution in [3.63, 3.8) is 0 Å². The minimum Gasteiger partial charge on any atom is -0.354 e. The van der Waals surface area contributed by atoms with E-state index in [2.05, 4.69) is 43.1 Å². The van der Waals surface area contributed by atoms with Gasteiger partial charge in [0, 0.05) is 64.1 Å². The monoisotopic (exact) mass is 413 g/mol. The molecule has 2 fully saturated rings.